The number of hydrogen-bond acceptors (Lipinski definition) is 1. The summed E-state index contributed by atoms with van der Waals surface area (Å²) in [4.78, 5) is 0. The van der Waals surface area contributed by atoms with Gasteiger partial charge in [0.15, 0.2) is 0 Å². The molecule has 0 saturated heterocycles. The van der Waals surface area contributed by atoms with Crippen LogP contribution in [0.5, 0.6) is 0 Å². The molecule has 0 heterocycles. The molecule has 18 heavy (non-hydrogen) atoms. The maximum Gasteiger partial charge on any atom is 0.0455 e. The highest BCUT2D eigenvalue weighted by molar-refractivity contribution is 6.31. The van der Waals surface area contributed by atoms with Gasteiger partial charge in [-0.25, -0.2) is 0 Å². The molecule has 2 rings (SSSR count). The molecular formula is C16H24ClN. The van der Waals surface area contributed by atoms with Gasteiger partial charge in [-0.15, -0.1) is 0 Å². The Bertz CT molecular complexity index is 425. The topological polar surface area (TPSA) is 12.0 Å². The van der Waals surface area contributed by atoms with E-state index in [-0.39, 0.29) is 0 Å². The first-order valence-corrected chi connectivity index (χ1v) is 7.28. The highest BCUT2D eigenvalue weighted by Gasteiger charge is 2.32. The van der Waals surface area contributed by atoms with E-state index < -0.39 is 0 Å². The molecule has 2 unspecified atom stereocenters. The van der Waals surface area contributed by atoms with Crippen LogP contribution < -0.4 is 5.32 Å². The number of anilines is 1. The van der Waals surface area contributed by atoms with Crippen molar-refractivity contribution in [1.82, 2.24) is 0 Å². The average molecular weight is 266 g/mol. The Morgan fingerprint density at radius 2 is 2.06 bits per heavy atom. The van der Waals surface area contributed by atoms with Crippen LogP contribution in [0.3, 0.4) is 0 Å². The normalized spacial score (nSPS) is 26.9. The molecular weight excluding hydrogens is 242 g/mol. The number of halogens is 1. The van der Waals surface area contributed by atoms with Crippen LogP contribution in [0.2, 0.25) is 5.02 Å². The minimum atomic E-state index is 0.502. The summed E-state index contributed by atoms with van der Waals surface area (Å²) in [6, 6.07) is 6.84. The minimum Gasteiger partial charge on any atom is -0.382 e. The van der Waals surface area contributed by atoms with Gasteiger partial charge in [0.05, 0.1) is 0 Å². The Morgan fingerprint density at radius 1 is 1.33 bits per heavy atom. The van der Waals surface area contributed by atoms with Gasteiger partial charge in [-0.2, -0.15) is 0 Å². The lowest BCUT2D eigenvalue weighted by molar-refractivity contribution is 0.177. The highest BCUT2D eigenvalue weighted by Crippen LogP contribution is 2.39. The van der Waals surface area contributed by atoms with Gasteiger partial charge in [0, 0.05) is 16.8 Å². The first-order valence-electron chi connectivity index (χ1n) is 6.90. The quantitative estimate of drug-likeness (QED) is 0.768. The Morgan fingerprint density at radius 3 is 2.67 bits per heavy atom. The van der Waals surface area contributed by atoms with E-state index in [1.165, 1.54) is 19.3 Å². The Balaban J connectivity index is 2.03. The van der Waals surface area contributed by atoms with Gasteiger partial charge in [0.25, 0.3) is 0 Å². The molecule has 1 nitrogen and oxygen atoms in total. The Hall–Kier alpha value is -0.690. The van der Waals surface area contributed by atoms with Gasteiger partial charge < -0.3 is 5.32 Å². The smallest absolute Gasteiger partial charge is 0.0455 e. The number of benzene rings is 1. The zero-order valence-corrected chi connectivity index (χ0v) is 12.6. The molecule has 1 aromatic carbocycles. The van der Waals surface area contributed by atoms with Crippen LogP contribution in [0, 0.1) is 18.3 Å². The van der Waals surface area contributed by atoms with Crippen molar-refractivity contribution >= 4 is 17.3 Å². The molecule has 0 spiro atoms. The van der Waals surface area contributed by atoms with Crippen LogP contribution in [0.1, 0.15) is 45.6 Å². The number of hydrogen-bond donors (Lipinski definition) is 1. The van der Waals surface area contributed by atoms with Gasteiger partial charge in [-0.05, 0) is 55.2 Å². The summed E-state index contributed by atoms with van der Waals surface area (Å²) < 4.78 is 0. The van der Waals surface area contributed by atoms with Crippen molar-refractivity contribution in [3.8, 4) is 0 Å². The maximum absolute atomic E-state index is 6.17. The number of rotatable bonds is 2. The van der Waals surface area contributed by atoms with E-state index in [0.29, 0.717) is 17.4 Å². The van der Waals surface area contributed by atoms with Crippen molar-refractivity contribution in [3.63, 3.8) is 0 Å². The molecule has 2 heteroatoms. The van der Waals surface area contributed by atoms with Crippen molar-refractivity contribution in [1.29, 1.82) is 0 Å². The van der Waals surface area contributed by atoms with E-state index in [2.05, 4.69) is 38.2 Å². The van der Waals surface area contributed by atoms with Crippen LogP contribution in [0.4, 0.5) is 5.69 Å². The van der Waals surface area contributed by atoms with Gasteiger partial charge in [-0.1, -0.05) is 38.4 Å². The molecule has 100 valence electrons. The fraction of sp³-hybridized carbons (Fsp3) is 0.625. The van der Waals surface area contributed by atoms with Crippen LogP contribution in [0.25, 0.3) is 0 Å². The van der Waals surface area contributed by atoms with E-state index in [9.17, 15) is 0 Å². The van der Waals surface area contributed by atoms with E-state index in [4.69, 9.17) is 11.6 Å². The average Bonchev–Trinajstić information content (AvgIpc) is 2.27. The standard InChI is InChI=1S/C16H24ClN/c1-11-5-6-13(9-14(11)17)18-15-7-8-16(3,4)10-12(15)2/h5-6,9,12,15,18H,7-8,10H2,1-4H3. The molecule has 0 bridgehead atoms. The summed E-state index contributed by atoms with van der Waals surface area (Å²) in [6.45, 7) is 9.15. The summed E-state index contributed by atoms with van der Waals surface area (Å²) in [5.74, 6) is 0.717. The van der Waals surface area contributed by atoms with Gasteiger partial charge in [0.1, 0.15) is 0 Å². The SMILES string of the molecule is Cc1ccc(NC2CCC(C)(C)CC2C)cc1Cl. The summed E-state index contributed by atoms with van der Waals surface area (Å²) in [6.07, 6.45) is 3.85. The second-order valence-corrected chi connectivity index (χ2v) is 7.01. The summed E-state index contributed by atoms with van der Waals surface area (Å²) >= 11 is 6.17. The second kappa shape index (κ2) is 5.13. The first kappa shape index (κ1) is 13.7. The summed E-state index contributed by atoms with van der Waals surface area (Å²) in [7, 11) is 0. The zero-order valence-electron chi connectivity index (χ0n) is 11.9. The molecule has 1 fully saturated rings. The van der Waals surface area contributed by atoms with Crippen LogP contribution in [-0.4, -0.2) is 6.04 Å². The fourth-order valence-corrected chi connectivity index (χ4v) is 3.24. The zero-order chi connectivity index (χ0) is 13.3. The molecule has 1 aliphatic rings. The predicted octanol–water partition coefficient (Wildman–Crippen LogP) is 5.28. The van der Waals surface area contributed by atoms with Crippen molar-refractivity contribution < 1.29 is 0 Å². The van der Waals surface area contributed by atoms with Gasteiger partial charge >= 0.3 is 0 Å². The van der Waals surface area contributed by atoms with Crippen molar-refractivity contribution in [2.24, 2.45) is 11.3 Å². The first-order chi connectivity index (χ1) is 8.37. The number of aryl methyl sites for hydroxylation is 1. The van der Waals surface area contributed by atoms with Crippen molar-refractivity contribution in [2.75, 3.05) is 5.32 Å². The molecule has 0 aliphatic heterocycles. The maximum atomic E-state index is 6.17. The van der Waals surface area contributed by atoms with Gasteiger partial charge in [0.2, 0.25) is 0 Å². The third kappa shape index (κ3) is 3.20. The molecule has 0 radical (unpaired) electrons. The molecule has 0 aromatic heterocycles. The third-order valence-corrected chi connectivity index (χ3v) is 4.62. The lowest BCUT2D eigenvalue weighted by Crippen LogP contribution is -2.36. The monoisotopic (exact) mass is 265 g/mol. The lowest BCUT2D eigenvalue weighted by atomic mass is 9.70. The van der Waals surface area contributed by atoms with Crippen LogP contribution in [0.15, 0.2) is 18.2 Å². The molecule has 0 amide bonds. The van der Waals surface area contributed by atoms with Crippen LogP contribution in [-0.2, 0) is 0 Å². The Kier molecular flexibility index (Phi) is 3.91. The fourth-order valence-electron chi connectivity index (χ4n) is 3.06. The number of nitrogens with one attached hydrogen (secondary N) is 1. The largest absolute Gasteiger partial charge is 0.382 e. The molecule has 2 atom stereocenters. The summed E-state index contributed by atoms with van der Waals surface area (Å²) in [5, 5.41) is 4.50. The Labute approximate surface area is 116 Å². The molecule has 1 N–H and O–H groups in total. The predicted molar refractivity (Wildman–Crippen MR) is 80.4 cm³/mol. The summed E-state index contributed by atoms with van der Waals surface area (Å²) in [5.41, 5.74) is 2.80. The van der Waals surface area contributed by atoms with E-state index in [0.717, 1.165) is 16.3 Å². The van der Waals surface area contributed by atoms with Crippen molar-refractivity contribution in [3.05, 3.63) is 28.8 Å². The minimum absolute atomic E-state index is 0.502. The van der Waals surface area contributed by atoms with Crippen molar-refractivity contribution in [2.45, 2.75) is 53.0 Å². The molecule has 1 saturated carbocycles. The third-order valence-electron chi connectivity index (χ3n) is 4.22. The second-order valence-electron chi connectivity index (χ2n) is 6.60. The molecule has 1 aromatic rings. The van der Waals surface area contributed by atoms with Gasteiger partial charge in [-0.3, -0.25) is 0 Å². The molecule has 1 aliphatic carbocycles. The highest BCUT2D eigenvalue weighted by atomic mass is 35.5. The van der Waals surface area contributed by atoms with E-state index in [1.807, 2.05) is 13.0 Å². The van der Waals surface area contributed by atoms with E-state index in [1.54, 1.807) is 0 Å². The van der Waals surface area contributed by atoms with Crippen LogP contribution >= 0.6 is 11.6 Å². The lowest BCUT2D eigenvalue weighted by Gasteiger charge is -2.40. The van der Waals surface area contributed by atoms with E-state index >= 15 is 0 Å².